The highest BCUT2D eigenvalue weighted by molar-refractivity contribution is 7.52. The predicted octanol–water partition coefficient (Wildman–Crippen LogP) is 3.43. The zero-order valence-corrected chi connectivity index (χ0v) is 10.7. The zero-order valence-electron chi connectivity index (χ0n) is 9.80. The summed E-state index contributed by atoms with van der Waals surface area (Å²) >= 11 is 0. The molecular formula is C11H15FNO3P. The molecule has 17 heavy (non-hydrogen) atoms. The smallest absolute Gasteiger partial charge is 0.291 e. The molecule has 1 rings (SSSR count). The van der Waals surface area contributed by atoms with Crippen LogP contribution in [0.5, 0.6) is 0 Å². The maximum Gasteiger partial charge on any atom is 0.453 e. The average Bonchev–Trinajstić information content (AvgIpc) is 2.29. The summed E-state index contributed by atoms with van der Waals surface area (Å²) in [7, 11) is -3.50. The number of halogens is 1. The first-order valence-corrected chi connectivity index (χ1v) is 6.80. The van der Waals surface area contributed by atoms with Crippen LogP contribution >= 0.6 is 7.75 Å². The minimum atomic E-state index is -3.50. The first-order valence-electron chi connectivity index (χ1n) is 5.30. The van der Waals surface area contributed by atoms with Gasteiger partial charge in [0.05, 0.1) is 13.2 Å². The van der Waals surface area contributed by atoms with Crippen LogP contribution in [0.4, 0.5) is 4.39 Å². The molecule has 0 heterocycles. The first kappa shape index (κ1) is 14.0. The van der Waals surface area contributed by atoms with E-state index in [0.717, 1.165) is 0 Å². The van der Waals surface area contributed by atoms with E-state index in [-0.39, 0.29) is 18.8 Å². The Morgan fingerprint density at radius 2 is 1.88 bits per heavy atom. The van der Waals surface area contributed by atoms with Gasteiger partial charge >= 0.3 is 7.75 Å². The summed E-state index contributed by atoms with van der Waals surface area (Å²) in [4.78, 5) is 0. The number of benzene rings is 1. The van der Waals surface area contributed by atoms with Gasteiger partial charge in [-0.3, -0.25) is 9.05 Å². The molecule has 1 aromatic rings. The highest BCUT2D eigenvalue weighted by atomic mass is 31.2. The average molecular weight is 259 g/mol. The standard InChI is InChI=1S/C11H15FNO3P/c1-3-15-17(14,16-4-2)13-9-10-7-5-6-8-11(10)12/h5-9H,3-4H2,1-2H3/b13-9+. The van der Waals surface area contributed by atoms with Gasteiger partial charge in [-0.05, 0) is 19.9 Å². The van der Waals surface area contributed by atoms with E-state index in [9.17, 15) is 8.96 Å². The Kier molecular flexibility index (Phi) is 5.48. The van der Waals surface area contributed by atoms with Crippen molar-refractivity contribution in [1.29, 1.82) is 0 Å². The largest absolute Gasteiger partial charge is 0.453 e. The first-order chi connectivity index (χ1) is 8.11. The Labute approximate surface area is 100 Å². The fourth-order valence-corrected chi connectivity index (χ4v) is 2.27. The maximum atomic E-state index is 13.3. The molecule has 6 heteroatoms. The van der Waals surface area contributed by atoms with Crippen molar-refractivity contribution in [3.63, 3.8) is 0 Å². The highest BCUT2D eigenvalue weighted by Gasteiger charge is 2.21. The van der Waals surface area contributed by atoms with Gasteiger partial charge in [0.25, 0.3) is 0 Å². The van der Waals surface area contributed by atoms with Crippen LogP contribution in [0.25, 0.3) is 0 Å². The van der Waals surface area contributed by atoms with Crippen molar-refractivity contribution in [1.82, 2.24) is 0 Å². The Morgan fingerprint density at radius 1 is 1.29 bits per heavy atom. The Hall–Kier alpha value is -1.03. The summed E-state index contributed by atoms with van der Waals surface area (Å²) in [6.07, 6.45) is 1.17. The normalized spacial score (nSPS) is 12.2. The van der Waals surface area contributed by atoms with Crippen molar-refractivity contribution in [2.75, 3.05) is 13.2 Å². The van der Waals surface area contributed by atoms with Crippen molar-refractivity contribution in [2.45, 2.75) is 13.8 Å². The second-order valence-corrected chi connectivity index (χ2v) is 4.75. The van der Waals surface area contributed by atoms with Gasteiger partial charge in [-0.15, -0.1) is 0 Å². The van der Waals surface area contributed by atoms with E-state index in [0.29, 0.717) is 0 Å². The van der Waals surface area contributed by atoms with Gasteiger partial charge in [-0.25, -0.2) is 8.96 Å². The molecule has 0 N–H and O–H groups in total. The van der Waals surface area contributed by atoms with Crippen molar-refractivity contribution in [3.05, 3.63) is 35.6 Å². The summed E-state index contributed by atoms with van der Waals surface area (Å²) in [5, 5.41) is 0. The summed E-state index contributed by atoms with van der Waals surface area (Å²) < 4.78 is 38.8. The van der Waals surface area contributed by atoms with Gasteiger partial charge in [0.1, 0.15) is 5.82 Å². The zero-order chi connectivity index (χ0) is 12.7. The minimum absolute atomic E-state index is 0.214. The molecular weight excluding hydrogens is 244 g/mol. The van der Waals surface area contributed by atoms with Crippen LogP contribution in [0.3, 0.4) is 0 Å². The van der Waals surface area contributed by atoms with Crippen LogP contribution in [-0.4, -0.2) is 19.4 Å². The molecule has 0 amide bonds. The molecule has 0 saturated carbocycles. The third kappa shape index (κ3) is 4.38. The van der Waals surface area contributed by atoms with Crippen molar-refractivity contribution in [2.24, 2.45) is 4.76 Å². The van der Waals surface area contributed by atoms with Crippen LogP contribution in [0.2, 0.25) is 0 Å². The Balaban J connectivity index is 2.87. The molecule has 0 spiro atoms. The molecule has 0 saturated heterocycles. The molecule has 4 nitrogen and oxygen atoms in total. The van der Waals surface area contributed by atoms with E-state index in [1.165, 1.54) is 18.3 Å². The van der Waals surface area contributed by atoms with Gasteiger partial charge in [0, 0.05) is 11.8 Å². The Morgan fingerprint density at radius 3 is 2.41 bits per heavy atom. The molecule has 0 aliphatic rings. The topological polar surface area (TPSA) is 47.9 Å². The van der Waals surface area contributed by atoms with Crippen LogP contribution in [0.1, 0.15) is 19.4 Å². The summed E-state index contributed by atoms with van der Waals surface area (Å²) in [6, 6.07) is 6.06. The van der Waals surface area contributed by atoms with E-state index >= 15 is 0 Å². The number of hydrogen-bond donors (Lipinski definition) is 0. The van der Waals surface area contributed by atoms with E-state index in [1.807, 2.05) is 0 Å². The predicted molar refractivity (Wildman–Crippen MR) is 64.9 cm³/mol. The quantitative estimate of drug-likeness (QED) is 0.581. The summed E-state index contributed by atoms with van der Waals surface area (Å²) in [6.45, 7) is 3.80. The maximum absolute atomic E-state index is 13.3. The third-order valence-electron chi connectivity index (χ3n) is 1.83. The summed E-state index contributed by atoms with van der Waals surface area (Å²) in [5.74, 6) is -0.434. The van der Waals surface area contributed by atoms with Gasteiger partial charge < -0.3 is 0 Å². The lowest BCUT2D eigenvalue weighted by atomic mass is 10.2. The number of hydrogen-bond acceptors (Lipinski definition) is 3. The molecule has 0 unspecified atom stereocenters. The highest BCUT2D eigenvalue weighted by Crippen LogP contribution is 2.49. The molecule has 0 fully saturated rings. The lowest BCUT2D eigenvalue weighted by Gasteiger charge is -2.10. The van der Waals surface area contributed by atoms with E-state index in [1.54, 1.807) is 26.0 Å². The van der Waals surface area contributed by atoms with Crippen molar-refractivity contribution in [3.8, 4) is 0 Å². The molecule has 0 aliphatic carbocycles. The monoisotopic (exact) mass is 259 g/mol. The lowest BCUT2D eigenvalue weighted by Crippen LogP contribution is -1.95. The number of nitrogens with zero attached hydrogens (tertiary/aromatic N) is 1. The van der Waals surface area contributed by atoms with Gasteiger partial charge in [0.15, 0.2) is 0 Å². The second-order valence-electron chi connectivity index (χ2n) is 3.07. The number of rotatable bonds is 6. The SMILES string of the molecule is CCOP(=O)(/N=C/c1ccccc1F)OCC. The fraction of sp³-hybridized carbons (Fsp3) is 0.364. The van der Waals surface area contributed by atoms with Crippen LogP contribution in [0, 0.1) is 5.82 Å². The van der Waals surface area contributed by atoms with Gasteiger partial charge in [-0.1, -0.05) is 18.2 Å². The second kappa shape index (κ2) is 6.64. The van der Waals surface area contributed by atoms with E-state index < -0.39 is 13.6 Å². The summed E-state index contributed by atoms with van der Waals surface area (Å²) in [5.41, 5.74) is 0.243. The molecule has 94 valence electrons. The molecule has 0 bridgehead atoms. The molecule has 0 radical (unpaired) electrons. The molecule has 0 aromatic heterocycles. The van der Waals surface area contributed by atoms with Crippen molar-refractivity contribution >= 4 is 14.0 Å². The lowest BCUT2D eigenvalue weighted by molar-refractivity contribution is 0.221. The van der Waals surface area contributed by atoms with Crippen LogP contribution < -0.4 is 0 Å². The van der Waals surface area contributed by atoms with Crippen LogP contribution in [-0.2, 0) is 13.6 Å². The van der Waals surface area contributed by atoms with E-state index in [2.05, 4.69) is 4.76 Å². The molecule has 0 atom stereocenters. The van der Waals surface area contributed by atoms with Gasteiger partial charge in [0.2, 0.25) is 0 Å². The minimum Gasteiger partial charge on any atom is -0.291 e. The van der Waals surface area contributed by atoms with Gasteiger partial charge in [-0.2, -0.15) is 4.76 Å². The molecule has 1 aromatic carbocycles. The van der Waals surface area contributed by atoms with Crippen LogP contribution in [0.15, 0.2) is 29.0 Å². The third-order valence-corrected chi connectivity index (χ3v) is 3.40. The van der Waals surface area contributed by atoms with Crippen molar-refractivity contribution < 1.29 is 18.0 Å². The fourth-order valence-electron chi connectivity index (χ4n) is 1.14. The molecule has 0 aliphatic heterocycles. The Bertz CT molecular complexity index is 426. The van der Waals surface area contributed by atoms with E-state index in [4.69, 9.17) is 9.05 Å².